The quantitative estimate of drug-likeness (QED) is 0.924. The molecule has 0 saturated carbocycles. The topological polar surface area (TPSA) is 64.2 Å². The minimum atomic E-state index is 0.000859. The Bertz CT molecular complexity index is 697. The third-order valence-electron chi connectivity index (χ3n) is 4.04. The molecule has 1 atom stereocenters. The highest BCUT2D eigenvalue weighted by molar-refractivity contribution is 6.30. The molecular formula is C16H19ClN4O. The van der Waals surface area contributed by atoms with Crippen molar-refractivity contribution in [2.75, 3.05) is 13.1 Å². The Morgan fingerprint density at radius 2 is 2.27 bits per heavy atom. The van der Waals surface area contributed by atoms with Crippen molar-refractivity contribution >= 4 is 17.5 Å². The van der Waals surface area contributed by atoms with Crippen LogP contribution in [-0.2, 0) is 0 Å². The van der Waals surface area contributed by atoms with Gasteiger partial charge in [0.15, 0.2) is 0 Å². The van der Waals surface area contributed by atoms with Gasteiger partial charge in [0.1, 0.15) is 0 Å². The van der Waals surface area contributed by atoms with Crippen LogP contribution in [0.15, 0.2) is 30.5 Å². The summed E-state index contributed by atoms with van der Waals surface area (Å²) in [7, 11) is 0. The van der Waals surface area contributed by atoms with Crippen LogP contribution in [0.25, 0.3) is 5.69 Å². The van der Waals surface area contributed by atoms with Crippen molar-refractivity contribution in [3.8, 4) is 5.69 Å². The van der Waals surface area contributed by atoms with E-state index in [9.17, 15) is 4.79 Å². The van der Waals surface area contributed by atoms with Crippen LogP contribution in [0.4, 0.5) is 0 Å². The molecule has 1 saturated heterocycles. The molecule has 1 aromatic carbocycles. The maximum absolute atomic E-state index is 12.7. The summed E-state index contributed by atoms with van der Waals surface area (Å²) in [4.78, 5) is 14.5. The zero-order chi connectivity index (χ0) is 15.7. The molecule has 2 heterocycles. The molecule has 2 aromatic rings. The molecule has 1 amide bonds. The van der Waals surface area contributed by atoms with Crippen LogP contribution in [0.5, 0.6) is 0 Å². The molecule has 5 nitrogen and oxygen atoms in total. The lowest BCUT2D eigenvalue weighted by atomic mass is 10.1. The number of aromatic nitrogens is 2. The summed E-state index contributed by atoms with van der Waals surface area (Å²) >= 11 is 6.02. The summed E-state index contributed by atoms with van der Waals surface area (Å²) < 4.78 is 1.74. The first-order valence-electron chi connectivity index (χ1n) is 7.41. The van der Waals surface area contributed by atoms with E-state index in [0.29, 0.717) is 17.1 Å². The van der Waals surface area contributed by atoms with Gasteiger partial charge in [0.2, 0.25) is 0 Å². The van der Waals surface area contributed by atoms with Crippen molar-refractivity contribution in [2.45, 2.75) is 25.8 Å². The van der Waals surface area contributed by atoms with Gasteiger partial charge in [-0.15, -0.1) is 0 Å². The highest BCUT2D eigenvalue weighted by Gasteiger charge is 2.25. The van der Waals surface area contributed by atoms with Crippen LogP contribution < -0.4 is 5.73 Å². The average molecular weight is 319 g/mol. The van der Waals surface area contributed by atoms with Crippen molar-refractivity contribution in [3.63, 3.8) is 0 Å². The number of carbonyl (C=O) groups is 1. The van der Waals surface area contributed by atoms with Gasteiger partial charge in [-0.2, -0.15) is 5.10 Å². The smallest absolute Gasteiger partial charge is 0.257 e. The third-order valence-corrected chi connectivity index (χ3v) is 4.27. The van der Waals surface area contributed by atoms with Gasteiger partial charge in [-0.05, 0) is 38.0 Å². The van der Waals surface area contributed by atoms with E-state index in [4.69, 9.17) is 17.3 Å². The predicted octanol–water partition coefficient (Wildman–Crippen LogP) is 2.40. The summed E-state index contributed by atoms with van der Waals surface area (Å²) in [5, 5.41) is 4.98. The van der Waals surface area contributed by atoms with Crippen LogP contribution in [0.1, 0.15) is 28.9 Å². The van der Waals surface area contributed by atoms with E-state index in [1.54, 1.807) is 10.9 Å². The Kier molecular flexibility index (Phi) is 4.18. The summed E-state index contributed by atoms with van der Waals surface area (Å²) in [6, 6.07) is 7.49. The minimum absolute atomic E-state index is 0.000859. The highest BCUT2D eigenvalue weighted by atomic mass is 35.5. The minimum Gasteiger partial charge on any atom is -0.337 e. The molecule has 3 rings (SSSR count). The van der Waals surface area contributed by atoms with Gasteiger partial charge >= 0.3 is 0 Å². The number of rotatable bonds is 2. The number of likely N-dealkylation sites (tertiary alicyclic amines) is 1. The van der Waals surface area contributed by atoms with Gasteiger partial charge in [0.05, 0.1) is 23.1 Å². The average Bonchev–Trinajstić information content (AvgIpc) is 2.88. The molecule has 0 aliphatic carbocycles. The molecule has 0 unspecified atom stereocenters. The molecule has 22 heavy (non-hydrogen) atoms. The van der Waals surface area contributed by atoms with Gasteiger partial charge in [-0.1, -0.05) is 17.7 Å². The van der Waals surface area contributed by atoms with E-state index in [1.807, 2.05) is 36.1 Å². The summed E-state index contributed by atoms with van der Waals surface area (Å²) in [6.45, 7) is 3.26. The number of hydrogen-bond donors (Lipinski definition) is 1. The Morgan fingerprint density at radius 3 is 3.00 bits per heavy atom. The summed E-state index contributed by atoms with van der Waals surface area (Å²) in [6.07, 6.45) is 3.55. The van der Waals surface area contributed by atoms with Crippen molar-refractivity contribution in [1.82, 2.24) is 14.7 Å². The third kappa shape index (κ3) is 2.87. The second-order valence-corrected chi connectivity index (χ2v) is 6.13. The SMILES string of the molecule is Cc1c(C(=O)N2CCC[C@H](N)C2)cnn1-c1cccc(Cl)c1. The van der Waals surface area contributed by atoms with Crippen LogP contribution >= 0.6 is 11.6 Å². The maximum Gasteiger partial charge on any atom is 0.257 e. The summed E-state index contributed by atoms with van der Waals surface area (Å²) in [5.41, 5.74) is 8.24. The first-order valence-corrected chi connectivity index (χ1v) is 7.79. The second kappa shape index (κ2) is 6.10. The van der Waals surface area contributed by atoms with E-state index in [0.717, 1.165) is 30.8 Å². The molecule has 1 aliphatic rings. The molecular weight excluding hydrogens is 300 g/mol. The second-order valence-electron chi connectivity index (χ2n) is 5.69. The number of nitrogens with zero attached hydrogens (tertiary/aromatic N) is 3. The molecule has 2 N–H and O–H groups in total. The Hall–Kier alpha value is -1.85. The molecule has 1 aromatic heterocycles. The molecule has 6 heteroatoms. The van der Waals surface area contributed by atoms with Gasteiger partial charge in [0.25, 0.3) is 5.91 Å². The maximum atomic E-state index is 12.7. The molecule has 1 fully saturated rings. The molecule has 0 bridgehead atoms. The fourth-order valence-electron chi connectivity index (χ4n) is 2.85. The van der Waals surface area contributed by atoms with Crippen LogP contribution in [0, 0.1) is 6.92 Å². The van der Waals surface area contributed by atoms with Gasteiger partial charge in [-0.3, -0.25) is 4.79 Å². The van der Waals surface area contributed by atoms with E-state index in [1.165, 1.54) is 0 Å². The lowest BCUT2D eigenvalue weighted by Crippen LogP contribution is -2.45. The summed E-state index contributed by atoms with van der Waals surface area (Å²) in [5.74, 6) is 0.000859. The molecule has 0 radical (unpaired) electrons. The number of halogens is 1. The van der Waals surface area contributed by atoms with Crippen molar-refractivity contribution < 1.29 is 4.79 Å². The Morgan fingerprint density at radius 1 is 1.45 bits per heavy atom. The zero-order valence-electron chi connectivity index (χ0n) is 12.5. The highest BCUT2D eigenvalue weighted by Crippen LogP contribution is 2.20. The lowest BCUT2D eigenvalue weighted by molar-refractivity contribution is 0.0708. The molecule has 116 valence electrons. The van der Waals surface area contributed by atoms with Crippen molar-refractivity contribution in [3.05, 3.63) is 46.7 Å². The van der Waals surface area contributed by atoms with Crippen LogP contribution in [0.2, 0.25) is 5.02 Å². The number of piperidine rings is 1. The number of amides is 1. The van der Waals surface area contributed by atoms with Crippen molar-refractivity contribution in [2.24, 2.45) is 5.73 Å². The van der Waals surface area contributed by atoms with Gasteiger partial charge in [0, 0.05) is 24.2 Å². The predicted molar refractivity (Wildman–Crippen MR) is 86.4 cm³/mol. The van der Waals surface area contributed by atoms with Crippen LogP contribution in [-0.4, -0.2) is 39.7 Å². The standard InChI is InChI=1S/C16H19ClN4O/c1-11-15(16(22)20-7-3-5-13(18)10-20)9-19-21(11)14-6-2-4-12(17)8-14/h2,4,6,8-9,13H,3,5,7,10,18H2,1H3/t13-/m0/s1. The normalized spacial score (nSPS) is 18.5. The van der Waals surface area contributed by atoms with Gasteiger partial charge in [-0.25, -0.2) is 4.68 Å². The largest absolute Gasteiger partial charge is 0.337 e. The monoisotopic (exact) mass is 318 g/mol. The lowest BCUT2D eigenvalue weighted by Gasteiger charge is -2.30. The Balaban J connectivity index is 1.88. The fraction of sp³-hybridized carbons (Fsp3) is 0.375. The fourth-order valence-corrected chi connectivity index (χ4v) is 3.04. The van der Waals surface area contributed by atoms with Crippen LogP contribution in [0.3, 0.4) is 0 Å². The van der Waals surface area contributed by atoms with E-state index >= 15 is 0 Å². The van der Waals surface area contributed by atoms with E-state index in [2.05, 4.69) is 5.10 Å². The first kappa shape index (κ1) is 15.1. The number of nitrogens with two attached hydrogens (primary N) is 1. The van der Waals surface area contributed by atoms with E-state index in [-0.39, 0.29) is 11.9 Å². The molecule has 0 spiro atoms. The number of benzene rings is 1. The van der Waals surface area contributed by atoms with E-state index < -0.39 is 0 Å². The molecule has 1 aliphatic heterocycles. The first-order chi connectivity index (χ1) is 10.6. The van der Waals surface area contributed by atoms with Gasteiger partial charge < -0.3 is 10.6 Å². The zero-order valence-corrected chi connectivity index (χ0v) is 13.3. The number of carbonyl (C=O) groups excluding carboxylic acids is 1. The Labute approximate surface area is 134 Å². The van der Waals surface area contributed by atoms with Crippen molar-refractivity contribution in [1.29, 1.82) is 0 Å². The number of hydrogen-bond acceptors (Lipinski definition) is 3.